The summed E-state index contributed by atoms with van der Waals surface area (Å²) >= 11 is 0. The molecule has 0 atom stereocenters. The minimum Gasteiger partial charge on any atom is -0.369 e. The fourth-order valence-corrected chi connectivity index (χ4v) is 4.37. The van der Waals surface area contributed by atoms with Crippen LogP contribution in [0.5, 0.6) is 0 Å². The summed E-state index contributed by atoms with van der Waals surface area (Å²) in [6.45, 7) is 5.30. The van der Waals surface area contributed by atoms with Crippen LogP contribution in [0.4, 0.5) is 5.82 Å². The van der Waals surface area contributed by atoms with Crippen molar-refractivity contribution in [2.75, 3.05) is 11.9 Å². The Morgan fingerprint density at radius 2 is 1.48 bits per heavy atom. The smallest absolute Gasteiger partial charge is 0.133 e. The molecule has 5 rings (SSSR count). The summed E-state index contributed by atoms with van der Waals surface area (Å²) in [4.78, 5) is 0. The molecule has 2 heterocycles. The molecule has 29 heavy (non-hydrogen) atoms. The van der Waals surface area contributed by atoms with Crippen LogP contribution in [0.3, 0.4) is 0 Å². The summed E-state index contributed by atoms with van der Waals surface area (Å²) in [5.41, 5.74) is 8.76. The summed E-state index contributed by atoms with van der Waals surface area (Å²) in [5.74, 6) is 1.27. The number of rotatable bonds is 4. The zero-order valence-electron chi connectivity index (χ0n) is 16.9. The first kappa shape index (κ1) is 17.7. The zero-order valence-corrected chi connectivity index (χ0v) is 16.9. The molecule has 0 spiro atoms. The highest BCUT2D eigenvalue weighted by Gasteiger charge is 2.30. The van der Waals surface area contributed by atoms with E-state index < -0.39 is 0 Å². The van der Waals surface area contributed by atoms with Crippen molar-refractivity contribution >= 4 is 5.82 Å². The van der Waals surface area contributed by atoms with Gasteiger partial charge in [-0.3, -0.25) is 0 Å². The van der Waals surface area contributed by atoms with Gasteiger partial charge in [0.05, 0.1) is 17.3 Å². The van der Waals surface area contributed by atoms with E-state index >= 15 is 0 Å². The highest BCUT2D eigenvalue weighted by Crippen LogP contribution is 2.39. The van der Waals surface area contributed by atoms with Crippen molar-refractivity contribution in [1.29, 1.82) is 0 Å². The van der Waals surface area contributed by atoms with Gasteiger partial charge in [-0.2, -0.15) is 5.10 Å². The van der Waals surface area contributed by atoms with Crippen molar-refractivity contribution in [2.24, 2.45) is 0 Å². The van der Waals surface area contributed by atoms with Crippen LogP contribution in [0.2, 0.25) is 0 Å². The third-order valence-corrected chi connectivity index (χ3v) is 6.03. The second-order valence-electron chi connectivity index (χ2n) is 7.77. The fourth-order valence-electron chi connectivity index (χ4n) is 4.37. The van der Waals surface area contributed by atoms with Gasteiger partial charge in [0, 0.05) is 12.1 Å². The Kier molecular flexibility index (Phi) is 4.44. The third kappa shape index (κ3) is 3.03. The van der Waals surface area contributed by atoms with Gasteiger partial charge in [0.25, 0.3) is 0 Å². The molecule has 0 saturated heterocycles. The summed E-state index contributed by atoms with van der Waals surface area (Å²) < 4.78 is 2.12. The molecule has 0 aliphatic carbocycles. The Morgan fingerprint density at radius 3 is 2.14 bits per heavy atom. The van der Waals surface area contributed by atoms with Gasteiger partial charge in [0.1, 0.15) is 5.82 Å². The molecule has 1 aliphatic rings. The van der Waals surface area contributed by atoms with Crippen molar-refractivity contribution in [1.82, 2.24) is 9.78 Å². The number of benzene rings is 3. The Hall–Kier alpha value is -3.33. The van der Waals surface area contributed by atoms with Crippen molar-refractivity contribution in [2.45, 2.75) is 26.2 Å². The van der Waals surface area contributed by atoms with E-state index in [1.165, 1.54) is 27.8 Å². The highest BCUT2D eigenvalue weighted by atomic mass is 15.3. The maximum absolute atomic E-state index is 5.21. The van der Waals surface area contributed by atoms with E-state index in [9.17, 15) is 0 Å². The topological polar surface area (TPSA) is 29.9 Å². The minimum absolute atomic E-state index is 0.123. The first-order valence-electron chi connectivity index (χ1n) is 10.3. The molecular formula is C26H25N3. The van der Waals surface area contributed by atoms with Crippen LogP contribution in [-0.2, 0) is 6.42 Å². The average Bonchev–Trinajstić information content (AvgIpc) is 3.36. The van der Waals surface area contributed by atoms with Crippen molar-refractivity contribution in [3.8, 4) is 5.69 Å². The molecule has 4 aromatic rings. The van der Waals surface area contributed by atoms with Gasteiger partial charge in [-0.25, -0.2) is 4.68 Å². The molecule has 3 nitrogen and oxygen atoms in total. The van der Waals surface area contributed by atoms with Crippen LogP contribution in [0, 0.1) is 13.8 Å². The predicted octanol–water partition coefficient (Wildman–Crippen LogP) is 5.64. The average molecular weight is 380 g/mol. The summed E-state index contributed by atoms with van der Waals surface area (Å²) in [6, 6.07) is 27.9. The highest BCUT2D eigenvalue weighted by molar-refractivity contribution is 5.61. The molecule has 0 fully saturated rings. The second-order valence-corrected chi connectivity index (χ2v) is 7.77. The van der Waals surface area contributed by atoms with Gasteiger partial charge in [-0.05, 0) is 48.6 Å². The lowest BCUT2D eigenvalue weighted by Crippen LogP contribution is -2.10. The Bertz CT molecular complexity index is 1100. The number of hydrogen-bond donors (Lipinski definition) is 1. The fraction of sp³-hybridized carbons (Fsp3) is 0.192. The maximum atomic E-state index is 5.21. The van der Waals surface area contributed by atoms with Crippen LogP contribution >= 0.6 is 0 Å². The number of anilines is 1. The lowest BCUT2D eigenvalue weighted by molar-refractivity contribution is 0.798. The molecular weight excluding hydrogens is 354 g/mol. The van der Waals surface area contributed by atoms with Gasteiger partial charge >= 0.3 is 0 Å². The number of aryl methyl sites for hydroxylation is 1. The standard InChI is InChI=1S/C26H25N3/c1-18-10-9-15-23(19(18)2)29-26-22(16-17-27-26)25(28-29)24(20-11-5-3-6-12-20)21-13-7-4-8-14-21/h3-15,24,27H,16-17H2,1-2H3. The second kappa shape index (κ2) is 7.25. The predicted molar refractivity (Wildman–Crippen MR) is 119 cm³/mol. The van der Waals surface area contributed by atoms with Gasteiger partial charge in [0.15, 0.2) is 0 Å². The molecule has 1 aliphatic heterocycles. The normalized spacial score (nSPS) is 12.8. The molecule has 0 amide bonds. The number of aromatic nitrogens is 2. The van der Waals surface area contributed by atoms with Crippen molar-refractivity contribution < 1.29 is 0 Å². The molecule has 144 valence electrons. The Balaban J connectivity index is 1.73. The van der Waals surface area contributed by atoms with E-state index in [0.717, 1.165) is 30.2 Å². The first-order chi connectivity index (χ1) is 14.2. The maximum Gasteiger partial charge on any atom is 0.133 e. The largest absolute Gasteiger partial charge is 0.369 e. The van der Waals surface area contributed by atoms with Crippen molar-refractivity contribution in [3.63, 3.8) is 0 Å². The zero-order chi connectivity index (χ0) is 19.8. The van der Waals surface area contributed by atoms with Crippen molar-refractivity contribution in [3.05, 3.63) is 112 Å². The molecule has 1 aromatic heterocycles. The van der Waals surface area contributed by atoms with Gasteiger partial charge < -0.3 is 5.32 Å². The molecule has 0 saturated carbocycles. The summed E-state index contributed by atoms with van der Waals surface area (Å²) in [5, 5.41) is 8.80. The Morgan fingerprint density at radius 1 is 0.828 bits per heavy atom. The van der Waals surface area contributed by atoms with Crippen LogP contribution in [0.25, 0.3) is 5.69 Å². The van der Waals surface area contributed by atoms with E-state index in [1.54, 1.807) is 0 Å². The number of fused-ring (bicyclic) bond motifs is 1. The number of nitrogens with one attached hydrogen (secondary N) is 1. The first-order valence-corrected chi connectivity index (χ1v) is 10.3. The van der Waals surface area contributed by atoms with Gasteiger partial charge in [0.2, 0.25) is 0 Å². The molecule has 3 aromatic carbocycles. The number of nitrogens with zero attached hydrogens (tertiary/aromatic N) is 2. The molecule has 0 radical (unpaired) electrons. The van der Waals surface area contributed by atoms with Crippen LogP contribution in [0.15, 0.2) is 78.9 Å². The molecule has 0 unspecified atom stereocenters. The quantitative estimate of drug-likeness (QED) is 0.497. The molecule has 1 N–H and O–H groups in total. The minimum atomic E-state index is 0.123. The molecule has 3 heteroatoms. The summed E-state index contributed by atoms with van der Waals surface area (Å²) in [7, 11) is 0. The van der Waals surface area contributed by atoms with E-state index in [-0.39, 0.29) is 5.92 Å². The lowest BCUT2D eigenvalue weighted by atomic mass is 9.86. The van der Waals surface area contributed by atoms with Crippen LogP contribution in [-0.4, -0.2) is 16.3 Å². The molecule has 0 bridgehead atoms. The van der Waals surface area contributed by atoms with E-state index in [2.05, 4.69) is 103 Å². The summed E-state index contributed by atoms with van der Waals surface area (Å²) in [6.07, 6.45) is 1.01. The van der Waals surface area contributed by atoms with E-state index in [4.69, 9.17) is 5.10 Å². The third-order valence-electron chi connectivity index (χ3n) is 6.03. The van der Waals surface area contributed by atoms with Gasteiger partial charge in [-0.15, -0.1) is 0 Å². The SMILES string of the molecule is Cc1cccc(-n2nc(C(c3ccccc3)c3ccccc3)c3c2NCC3)c1C. The number of hydrogen-bond acceptors (Lipinski definition) is 2. The van der Waals surface area contributed by atoms with Crippen LogP contribution < -0.4 is 5.32 Å². The van der Waals surface area contributed by atoms with E-state index in [1.807, 2.05) is 0 Å². The Labute approximate surface area is 172 Å². The lowest BCUT2D eigenvalue weighted by Gasteiger charge is -2.17. The monoisotopic (exact) mass is 379 g/mol. The van der Waals surface area contributed by atoms with E-state index in [0.29, 0.717) is 0 Å². The van der Waals surface area contributed by atoms with Gasteiger partial charge in [-0.1, -0.05) is 72.8 Å². The van der Waals surface area contributed by atoms with Crippen LogP contribution in [0.1, 0.15) is 39.4 Å².